The number of hydrogen-bond acceptors (Lipinski definition) is 5. The summed E-state index contributed by atoms with van der Waals surface area (Å²) in [5.41, 5.74) is 7.78. The molecule has 5 nitrogen and oxygen atoms in total. The van der Waals surface area contributed by atoms with E-state index in [0.29, 0.717) is 17.8 Å². The highest BCUT2D eigenvalue weighted by atomic mass is 35.5. The van der Waals surface area contributed by atoms with Crippen LogP contribution in [0.1, 0.15) is 37.1 Å². The lowest BCUT2D eigenvalue weighted by molar-refractivity contribution is 0.344. The molecule has 0 aliphatic heterocycles. The third-order valence-corrected chi connectivity index (χ3v) is 5.99. The first-order chi connectivity index (χ1) is 14.6. The zero-order chi connectivity index (χ0) is 20.9. The maximum Gasteiger partial charge on any atom is 0.154 e. The molecule has 0 spiro atoms. The van der Waals surface area contributed by atoms with Gasteiger partial charge in [0.25, 0.3) is 0 Å². The Hall–Kier alpha value is -2.05. The molecule has 0 atom stereocenters. The predicted molar refractivity (Wildman–Crippen MR) is 139 cm³/mol. The van der Waals surface area contributed by atoms with Crippen LogP contribution in [0.5, 0.6) is 5.75 Å². The van der Waals surface area contributed by atoms with E-state index in [4.69, 9.17) is 32.0 Å². The molecule has 0 radical (unpaired) electrons. The molecule has 1 heterocycles. The third kappa shape index (κ3) is 6.48. The fourth-order valence-electron chi connectivity index (χ4n) is 3.92. The molecule has 0 amide bonds. The lowest BCUT2D eigenvalue weighted by Gasteiger charge is -2.29. The van der Waals surface area contributed by atoms with Gasteiger partial charge in [0.15, 0.2) is 5.82 Å². The fraction of sp³-hybridized carbons (Fsp3) is 0.333. The second-order valence-corrected chi connectivity index (χ2v) is 8.23. The molecule has 2 aromatic carbocycles. The van der Waals surface area contributed by atoms with E-state index in [0.717, 1.165) is 65.3 Å². The van der Waals surface area contributed by atoms with E-state index < -0.39 is 0 Å². The van der Waals surface area contributed by atoms with Gasteiger partial charge in [0.2, 0.25) is 0 Å². The number of methoxy groups -OCH3 is 1. The maximum atomic E-state index is 5.98. The monoisotopic (exact) mass is 494 g/mol. The quantitative estimate of drug-likeness (QED) is 0.424. The third-order valence-electron chi connectivity index (χ3n) is 5.74. The molecule has 172 valence electrons. The number of aromatic nitrogens is 2. The van der Waals surface area contributed by atoms with Crippen molar-refractivity contribution in [2.24, 2.45) is 11.7 Å². The van der Waals surface area contributed by atoms with Gasteiger partial charge in [0, 0.05) is 16.5 Å². The number of benzene rings is 2. The van der Waals surface area contributed by atoms with Crippen LogP contribution in [0, 0.1) is 5.92 Å². The summed E-state index contributed by atoms with van der Waals surface area (Å²) >= 11 is 5.98. The molecule has 0 bridgehead atoms. The van der Waals surface area contributed by atoms with E-state index in [-0.39, 0.29) is 24.8 Å². The Morgan fingerprint density at radius 3 is 2.41 bits per heavy atom. The standard InChI is InChI=1S/C24H27ClN4O.2ClH/c1-30-20-11-12-22-21(14-20)24(27-19-9-4-17(15-26)5-10-19)29-23(28-22)13-6-16-2-7-18(25)8-3-16;;/h2-3,6-8,11-14,17,19H,4-5,9-10,15,26H2,1H3,(H,27,28,29);2*1H/t17-,19+;;. The Morgan fingerprint density at radius 2 is 1.75 bits per heavy atom. The van der Waals surface area contributed by atoms with E-state index >= 15 is 0 Å². The number of rotatable bonds is 6. The predicted octanol–water partition coefficient (Wildman–Crippen LogP) is 6.24. The Labute approximate surface area is 206 Å². The molecule has 32 heavy (non-hydrogen) atoms. The first kappa shape index (κ1) is 26.2. The summed E-state index contributed by atoms with van der Waals surface area (Å²) in [6.45, 7) is 0.778. The van der Waals surface area contributed by atoms with Gasteiger partial charge >= 0.3 is 0 Å². The van der Waals surface area contributed by atoms with Gasteiger partial charge in [0.05, 0.1) is 12.6 Å². The molecule has 1 aliphatic rings. The van der Waals surface area contributed by atoms with Crippen molar-refractivity contribution >= 4 is 65.3 Å². The van der Waals surface area contributed by atoms with Crippen molar-refractivity contribution in [3.8, 4) is 5.75 Å². The van der Waals surface area contributed by atoms with E-state index in [1.165, 1.54) is 0 Å². The lowest BCUT2D eigenvalue weighted by atomic mass is 9.86. The van der Waals surface area contributed by atoms with E-state index in [9.17, 15) is 0 Å². The van der Waals surface area contributed by atoms with Crippen LogP contribution in [0.15, 0.2) is 42.5 Å². The van der Waals surface area contributed by atoms with Crippen LogP contribution >= 0.6 is 36.4 Å². The molecule has 1 saturated carbocycles. The van der Waals surface area contributed by atoms with Crippen molar-refractivity contribution in [2.45, 2.75) is 31.7 Å². The number of anilines is 1. The van der Waals surface area contributed by atoms with Crippen molar-refractivity contribution in [1.82, 2.24) is 9.97 Å². The van der Waals surface area contributed by atoms with Crippen LogP contribution in [0.2, 0.25) is 5.02 Å². The summed E-state index contributed by atoms with van der Waals surface area (Å²) in [5, 5.41) is 5.36. The summed E-state index contributed by atoms with van der Waals surface area (Å²) in [6, 6.07) is 14.0. The summed E-state index contributed by atoms with van der Waals surface area (Å²) < 4.78 is 5.42. The van der Waals surface area contributed by atoms with Gasteiger partial charge in [-0.3, -0.25) is 0 Å². The zero-order valence-corrected chi connectivity index (χ0v) is 20.3. The summed E-state index contributed by atoms with van der Waals surface area (Å²) in [7, 11) is 1.67. The average Bonchev–Trinajstić information content (AvgIpc) is 2.79. The highest BCUT2D eigenvalue weighted by molar-refractivity contribution is 6.30. The van der Waals surface area contributed by atoms with Crippen molar-refractivity contribution < 1.29 is 4.74 Å². The molecule has 0 unspecified atom stereocenters. The number of halogens is 3. The van der Waals surface area contributed by atoms with Crippen molar-refractivity contribution in [2.75, 3.05) is 19.0 Å². The molecule has 4 rings (SSSR count). The molecule has 3 aromatic rings. The van der Waals surface area contributed by atoms with Gasteiger partial charge in [-0.1, -0.05) is 29.8 Å². The number of nitrogens with one attached hydrogen (secondary N) is 1. The molecule has 1 aromatic heterocycles. The van der Waals surface area contributed by atoms with Gasteiger partial charge in [-0.05, 0) is 80.1 Å². The van der Waals surface area contributed by atoms with E-state index in [1.807, 2.05) is 54.6 Å². The number of hydrogen-bond donors (Lipinski definition) is 2. The lowest BCUT2D eigenvalue weighted by Crippen LogP contribution is -2.29. The van der Waals surface area contributed by atoms with Crippen LogP contribution in [0.25, 0.3) is 23.1 Å². The van der Waals surface area contributed by atoms with Crippen LogP contribution in [-0.2, 0) is 0 Å². The maximum absolute atomic E-state index is 5.98. The topological polar surface area (TPSA) is 73.1 Å². The first-order valence-electron chi connectivity index (χ1n) is 10.4. The second-order valence-electron chi connectivity index (χ2n) is 7.80. The minimum absolute atomic E-state index is 0. The van der Waals surface area contributed by atoms with Gasteiger partial charge in [0.1, 0.15) is 11.6 Å². The van der Waals surface area contributed by atoms with Crippen molar-refractivity contribution in [3.63, 3.8) is 0 Å². The van der Waals surface area contributed by atoms with Crippen LogP contribution in [-0.4, -0.2) is 29.7 Å². The smallest absolute Gasteiger partial charge is 0.154 e. The second kappa shape index (κ2) is 12.3. The van der Waals surface area contributed by atoms with Crippen LogP contribution < -0.4 is 15.8 Å². The summed E-state index contributed by atoms with van der Waals surface area (Å²) in [4.78, 5) is 9.55. The molecule has 0 saturated heterocycles. The number of ether oxygens (including phenoxy) is 1. The highest BCUT2D eigenvalue weighted by Gasteiger charge is 2.21. The Balaban J connectivity index is 0.00000181. The van der Waals surface area contributed by atoms with Crippen molar-refractivity contribution in [1.29, 1.82) is 0 Å². The molecule has 1 fully saturated rings. The number of nitrogens with two attached hydrogens (primary N) is 1. The molecule has 3 N–H and O–H groups in total. The molecule has 1 aliphatic carbocycles. The molecular formula is C24H29Cl3N4O. The van der Waals surface area contributed by atoms with Gasteiger partial charge < -0.3 is 15.8 Å². The summed E-state index contributed by atoms with van der Waals surface area (Å²) in [5.74, 6) is 2.96. The largest absolute Gasteiger partial charge is 0.497 e. The van der Waals surface area contributed by atoms with E-state index in [1.54, 1.807) is 7.11 Å². The number of fused-ring (bicyclic) bond motifs is 1. The average molecular weight is 496 g/mol. The van der Waals surface area contributed by atoms with E-state index in [2.05, 4.69) is 5.32 Å². The minimum atomic E-state index is 0. The fourth-order valence-corrected chi connectivity index (χ4v) is 4.04. The van der Waals surface area contributed by atoms with Crippen LogP contribution in [0.4, 0.5) is 5.82 Å². The highest BCUT2D eigenvalue weighted by Crippen LogP contribution is 2.30. The van der Waals surface area contributed by atoms with Gasteiger partial charge in [-0.15, -0.1) is 24.8 Å². The van der Waals surface area contributed by atoms with Crippen LogP contribution in [0.3, 0.4) is 0 Å². The molecule has 8 heteroatoms. The normalized spacial score (nSPS) is 18.1. The van der Waals surface area contributed by atoms with Crippen molar-refractivity contribution in [3.05, 3.63) is 58.9 Å². The SMILES string of the molecule is COc1ccc2nc(C=Cc3ccc(Cl)cc3)nc(N[C@H]3CC[C@@H](CN)CC3)c2c1.Cl.Cl. The zero-order valence-electron chi connectivity index (χ0n) is 18.0. The first-order valence-corrected chi connectivity index (χ1v) is 10.8. The Kier molecular flexibility index (Phi) is 10.0. The Bertz CT molecular complexity index is 1040. The molecular weight excluding hydrogens is 467 g/mol. The summed E-state index contributed by atoms with van der Waals surface area (Å²) in [6.07, 6.45) is 8.45. The Morgan fingerprint density at radius 1 is 1.03 bits per heavy atom. The minimum Gasteiger partial charge on any atom is -0.497 e. The van der Waals surface area contributed by atoms with Gasteiger partial charge in [-0.25, -0.2) is 9.97 Å². The number of nitrogens with zero attached hydrogens (tertiary/aromatic N) is 2. The van der Waals surface area contributed by atoms with Gasteiger partial charge in [-0.2, -0.15) is 0 Å².